The molecule has 0 N–H and O–H groups in total. The van der Waals surface area contributed by atoms with Gasteiger partial charge in [0.05, 0.1) is 6.07 Å². The predicted octanol–water partition coefficient (Wildman–Crippen LogP) is 3.38. The van der Waals surface area contributed by atoms with Gasteiger partial charge in [0.1, 0.15) is 6.61 Å². The van der Waals surface area contributed by atoms with Gasteiger partial charge in [0, 0.05) is 6.61 Å². The number of nitriles is 1. The van der Waals surface area contributed by atoms with Crippen LogP contribution in [0.1, 0.15) is 46.5 Å². The monoisotopic (exact) mass is 197 g/mol. The quantitative estimate of drug-likeness (QED) is 0.559. The van der Waals surface area contributed by atoms with Gasteiger partial charge in [-0.05, 0) is 18.3 Å². The van der Waals surface area contributed by atoms with E-state index in [4.69, 9.17) is 10.00 Å². The minimum absolute atomic E-state index is 0.235. The van der Waals surface area contributed by atoms with E-state index in [9.17, 15) is 0 Å². The van der Waals surface area contributed by atoms with E-state index in [0.29, 0.717) is 0 Å². The highest BCUT2D eigenvalue weighted by atomic mass is 16.5. The van der Waals surface area contributed by atoms with Crippen LogP contribution in [0.4, 0.5) is 0 Å². The van der Waals surface area contributed by atoms with Crippen molar-refractivity contribution in [3.05, 3.63) is 0 Å². The van der Waals surface area contributed by atoms with Crippen molar-refractivity contribution in [2.24, 2.45) is 11.8 Å². The van der Waals surface area contributed by atoms with E-state index < -0.39 is 0 Å². The lowest BCUT2D eigenvalue weighted by molar-refractivity contribution is 0.149. The third-order valence-corrected chi connectivity index (χ3v) is 2.40. The van der Waals surface area contributed by atoms with Crippen molar-refractivity contribution in [2.45, 2.75) is 46.5 Å². The van der Waals surface area contributed by atoms with E-state index >= 15 is 0 Å². The Labute approximate surface area is 88.3 Å². The smallest absolute Gasteiger partial charge is 0.133 e. The molecule has 0 bridgehead atoms. The molecule has 82 valence electrons. The van der Waals surface area contributed by atoms with Crippen molar-refractivity contribution in [1.29, 1.82) is 5.26 Å². The molecule has 0 rings (SSSR count). The Kier molecular flexibility index (Phi) is 8.67. The van der Waals surface area contributed by atoms with Gasteiger partial charge in [-0.25, -0.2) is 0 Å². The summed E-state index contributed by atoms with van der Waals surface area (Å²) in [6, 6.07) is 1.98. The summed E-state index contributed by atoms with van der Waals surface area (Å²) in [5, 5.41) is 8.26. The van der Waals surface area contributed by atoms with Crippen LogP contribution in [0.3, 0.4) is 0 Å². The zero-order valence-electron chi connectivity index (χ0n) is 9.75. The van der Waals surface area contributed by atoms with Crippen molar-refractivity contribution in [2.75, 3.05) is 13.2 Å². The van der Waals surface area contributed by atoms with E-state index in [0.717, 1.165) is 24.9 Å². The molecule has 0 saturated heterocycles. The Hall–Kier alpha value is -0.550. The van der Waals surface area contributed by atoms with Gasteiger partial charge in [0.15, 0.2) is 0 Å². The molecule has 0 fully saturated rings. The van der Waals surface area contributed by atoms with Crippen LogP contribution in [0.5, 0.6) is 0 Å². The molecule has 0 radical (unpaired) electrons. The normalized spacial score (nSPS) is 12.8. The number of rotatable bonds is 8. The fourth-order valence-electron chi connectivity index (χ4n) is 1.42. The molecule has 0 heterocycles. The van der Waals surface area contributed by atoms with E-state index in [1.165, 1.54) is 19.3 Å². The van der Waals surface area contributed by atoms with Gasteiger partial charge in [0.2, 0.25) is 0 Å². The zero-order valence-corrected chi connectivity index (χ0v) is 9.75. The molecule has 0 saturated carbocycles. The van der Waals surface area contributed by atoms with E-state index in [2.05, 4.69) is 20.8 Å². The van der Waals surface area contributed by atoms with Crippen LogP contribution in [0.2, 0.25) is 0 Å². The summed E-state index contributed by atoms with van der Waals surface area (Å²) in [4.78, 5) is 0. The minimum Gasteiger partial charge on any atom is -0.367 e. The van der Waals surface area contributed by atoms with Crippen molar-refractivity contribution in [3.63, 3.8) is 0 Å². The first-order valence-corrected chi connectivity index (χ1v) is 5.61. The van der Waals surface area contributed by atoms with Crippen LogP contribution in [-0.4, -0.2) is 13.2 Å². The maximum atomic E-state index is 8.26. The molecule has 2 heteroatoms. The molecule has 0 aliphatic rings. The average Bonchev–Trinajstić information content (AvgIpc) is 2.12. The average molecular weight is 197 g/mol. The minimum atomic E-state index is 0.235. The molecule has 14 heavy (non-hydrogen) atoms. The second-order valence-electron chi connectivity index (χ2n) is 4.43. The van der Waals surface area contributed by atoms with Crippen molar-refractivity contribution >= 4 is 0 Å². The summed E-state index contributed by atoms with van der Waals surface area (Å²) in [5.74, 6) is 1.55. The third kappa shape index (κ3) is 9.54. The van der Waals surface area contributed by atoms with Gasteiger partial charge >= 0.3 is 0 Å². The molecule has 1 atom stereocenters. The Morgan fingerprint density at radius 2 is 1.86 bits per heavy atom. The number of nitrogens with zero attached hydrogens (tertiary/aromatic N) is 1. The first-order valence-electron chi connectivity index (χ1n) is 5.61. The maximum absolute atomic E-state index is 8.26. The van der Waals surface area contributed by atoms with Gasteiger partial charge in [-0.1, -0.05) is 40.0 Å². The zero-order chi connectivity index (χ0) is 10.8. The first kappa shape index (κ1) is 13.4. The number of hydrogen-bond acceptors (Lipinski definition) is 2. The van der Waals surface area contributed by atoms with E-state index in [1.807, 2.05) is 6.07 Å². The van der Waals surface area contributed by atoms with Gasteiger partial charge < -0.3 is 4.74 Å². The molecule has 0 aromatic heterocycles. The lowest BCUT2D eigenvalue weighted by Gasteiger charge is -2.11. The third-order valence-electron chi connectivity index (χ3n) is 2.40. The lowest BCUT2D eigenvalue weighted by atomic mass is 9.98. The van der Waals surface area contributed by atoms with Crippen LogP contribution in [-0.2, 0) is 4.74 Å². The van der Waals surface area contributed by atoms with Crippen molar-refractivity contribution in [3.8, 4) is 6.07 Å². The Bertz CT molecular complexity index is 160. The van der Waals surface area contributed by atoms with Gasteiger partial charge in [-0.2, -0.15) is 5.26 Å². The van der Waals surface area contributed by atoms with E-state index in [1.54, 1.807) is 0 Å². The molecule has 0 aromatic carbocycles. The standard InChI is InChI=1S/C12H23NO/c1-11(2)5-4-6-12(3)7-9-14-10-8-13/h11-12H,4-7,9-10H2,1-3H3. The summed E-state index contributed by atoms with van der Waals surface area (Å²) in [5.41, 5.74) is 0. The Balaban J connectivity index is 3.20. The summed E-state index contributed by atoms with van der Waals surface area (Å²) >= 11 is 0. The molecule has 0 spiro atoms. The van der Waals surface area contributed by atoms with Crippen molar-refractivity contribution in [1.82, 2.24) is 0 Å². The summed E-state index contributed by atoms with van der Waals surface area (Å²) < 4.78 is 5.12. The SMILES string of the molecule is CC(C)CCCC(C)CCOCC#N. The van der Waals surface area contributed by atoms with Crippen molar-refractivity contribution < 1.29 is 4.74 Å². The first-order chi connectivity index (χ1) is 6.66. The molecule has 0 aliphatic carbocycles. The number of ether oxygens (including phenoxy) is 1. The van der Waals surface area contributed by atoms with Crippen LogP contribution in [0.25, 0.3) is 0 Å². The molecule has 2 nitrogen and oxygen atoms in total. The second kappa shape index (κ2) is 9.02. The number of hydrogen-bond donors (Lipinski definition) is 0. The van der Waals surface area contributed by atoms with Gasteiger partial charge in [-0.15, -0.1) is 0 Å². The van der Waals surface area contributed by atoms with Crippen LogP contribution < -0.4 is 0 Å². The Morgan fingerprint density at radius 1 is 1.14 bits per heavy atom. The fourth-order valence-corrected chi connectivity index (χ4v) is 1.42. The largest absolute Gasteiger partial charge is 0.367 e. The Morgan fingerprint density at radius 3 is 2.43 bits per heavy atom. The van der Waals surface area contributed by atoms with Crippen LogP contribution in [0, 0.1) is 23.2 Å². The highest BCUT2D eigenvalue weighted by Gasteiger charge is 2.02. The van der Waals surface area contributed by atoms with Crippen LogP contribution in [0.15, 0.2) is 0 Å². The summed E-state index contributed by atoms with van der Waals surface area (Å²) in [6.07, 6.45) is 5.01. The fraction of sp³-hybridized carbons (Fsp3) is 0.917. The van der Waals surface area contributed by atoms with Gasteiger partial charge in [0.25, 0.3) is 0 Å². The molecule has 0 aliphatic heterocycles. The highest BCUT2D eigenvalue weighted by molar-refractivity contribution is 4.66. The predicted molar refractivity (Wildman–Crippen MR) is 58.9 cm³/mol. The summed E-state index contributed by atoms with van der Waals surface area (Å²) in [7, 11) is 0. The molecule has 0 amide bonds. The van der Waals surface area contributed by atoms with Gasteiger partial charge in [-0.3, -0.25) is 0 Å². The molecule has 0 aromatic rings. The molecule has 1 unspecified atom stereocenters. The second-order valence-corrected chi connectivity index (χ2v) is 4.43. The molecular weight excluding hydrogens is 174 g/mol. The lowest BCUT2D eigenvalue weighted by Crippen LogP contribution is -2.03. The van der Waals surface area contributed by atoms with E-state index in [-0.39, 0.29) is 6.61 Å². The maximum Gasteiger partial charge on any atom is 0.133 e. The highest BCUT2D eigenvalue weighted by Crippen LogP contribution is 2.14. The topological polar surface area (TPSA) is 33.0 Å². The van der Waals surface area contributed by atoms with Crippen LogP contribution >= 0.6 is 0 Å². The summed E-state index contributed by atoms with van der Waals surface area (Å²) in [6.45, 7) is 7.76. The molecular formula is C12H23NO.